The second kappa shape index (κ2) is 6.63. The molecule has 144 valence electrons. The summed E-state index contributed by atoms with van der Waals surface area (Å²) in [4.78, 5) is 22.9. The SMILES string of the molecule is CC1=C2C(=O)O[C@@H](c3ccoc3)[C@]2(C)CC/C1=N\Nc1ccc([N+](=O)[O-])cc1. The minimum Gasteiger partial charge on any atom is -0.472 e. The molecule has 1 aromatic heterocycles. The van der Waals surface area contributed by atoms with Gasteiger partial charge in [-0.1, -0.05) is 6.92 Å². The standard InChI is InChI=1S/C20H19N3O5/c1-12-16(22-21-14-3-5-15(6-4-14)23(25)26)7-9-20(2)17(12)19(24)28-18(20)13-8-10-27-11-13/h3-6,8,10-11,18,21H,7,9H2,1-2H3/b22-16+/t18-,20+/m0/s1. The zero-order chi connectivity index (χ0) is 19.9. The van der Waals surface area contributed by atoms with Crippen LogP contribution in [0.25, 0.3) is 0 Å². The van der Waals surface area contributed by atoms with Crippen molar-refractivity contribution in [2.45, 2.75) is 32.8 Å². The molecule has 2 aliphatic rings. The maximum Gasteiger partial charge on any atom is 0.335 e. The van der Waals surface area contributed by atoms with E-state index in [1.54, 1.807) is 24.7 Å². The van der Waals surface area contributed by atoms with Crippen LogP contribution in [-0.2, 0) is 9.53 Å². The number of non-ortho nitro benzene ring substituents is 1. The van der Waals surface area contributed by atoms with Gasteiger partial charge in [0, 0.05) is 23.1 Å². The molecule has 28 heavy (non-hydrogen) atoms. The van der Waals surface area contributed by atoms with Gasteiger partial charge >= 0.3 is 5.97 Å². The number of furan rings is 1. The summed E-state index contributed by atoms with van der Waals surface area (Å²) in [5, 5.41) is 15.2. The number of carbonyl (C=O) groups excluding carboxylic acids is 1. The Kier molecular flexibility index (Phi) is 4.26. The predicted molar refractivity (Wildman–Crippen MR) is 102 cm³/mol. The highest BCUT2D eigenvalue weighted by Crippen LogP contribution is 2.55. The van der Waals surface area contributed by atoms with E-state index in [1.165, 1.54) is 12.1 Å². The quantitative estimate of drug-likeness (QED) is 0.479. The van der Waals surface area contributed by atoms with Gasteiger partial charge < -0.3 is 9.15 Å². The smallest absolute Gasteiger partial charge is 0.335 e. The van der Waals surface area contributed by atoms with Gasteiger partial charge in [-0.2, -0.15) is 5.10 Å². The van der Waals surface area contributed by atoms with Gasteiger partial charge in [-0.15, -0.1) is 0 Å². The summed E-state index contributed by atoms with van der Waals surface area (Å²) in [5.41, 5.74) is 6.22. The summed E-state index contributed by atoms with van der Waals surface area (Å²) in [6.07, 6.45) is 4.21. The van der Waals surface area contributed by atoms with Gasteiger partial charge in [-0.3, -0.25) is 15.5 Å². The van der Waals surface area contributed by atoms with E-state index in [1.807, 2.05) is 19.9 Å². The molecule has 2 heterocycles. The molecule has 0 bridgehead atoms. The topological polar surface area (TPSA) is 107 Å². The van der Waals surface area contributed by atoms with Gasteiger partial charge in [0.25, 0.3) is 5.69 Å². The van der Waals surface area contributed by atoms with Crippen molar-refractivity contribution in [1.29, 1.82) is 0 Å². The first-order valence-electron chi connectivity index (χ1n) is 8.92. The average Bonchev–Trinajstić information content (AvgIpc) is 3.28. The monoisotopic (exact) mass is 381 g/mol. The molecule has 0 unspecified atom stereocenters. The second-order valence-corrected chi connectivity index (χ2v) is 7.23. The number of hydrazone groups is 1. The van der Waals surface area contributed by atoms with Gasteiger partial charge in [0.05, 0.1) is 34.4 Å². The van der Waals surface area contributed by atoms with E-state index in [0.29, 0.717) is 24.1 Å². The van der Waals surface area contributed by atoms with Crippen LogP contribution in [0.1, 0.15) is 38.4 Å². The van der Waals surface area contributed by atoms with E-state index in [-0.39, 0.29) is 17.8 Å². The number of carbonyl (C=O) groups is 1. The number of ether oxygens (including phenoxy) is 1. The maximum absolute atomic E-state index is 12.6. The minimum atomic E-state index is -0.450. The van der Waals surface area contributed by atoms with Gasteiger partial charge in [0.1, 0.15) is 6.10 Å². The summed E-state index contributed by atoms with van der Waals surface area (Å²) in [6, 6.07) is 7.83. The van der Waals surface area contributed by atoms with Crippen molar-refractivity contribution in [1.82, 2.24) is 0 Å². The molecule has 8 nitrogen and oxygen atoms in total. The Hall–Kier alpha value is -3.42. The average molecular weight is 381 g/mol. The van der Waals surface area contributed by atoms with E-state index in [0.717, 1.165) is 16.8 Å². The van der Waals surface area contributed by atoms with Crippen LogP contribution < -0.4 is 5.43 Å². The van der Waals surface area contributed by atoms with Gasteiger partial charge in [-0.25, -0.2) is 4.79 Å². The highest BCUT2D eigenvalue weighted by atomic mass is 16.6. The number of fused-ring (bicyclic) bond motifs is 1. The Morgan fingerprint density at radius 2 is 2.04 bits per heavy atom. The summed E-state index contributed by atoms with van der Waals surface area (Å²) in [6.45, 7) is 3.91. The van der Waals surface area contributed by atoms with E-state index >= 15 is 0 Å². The second-order valence-electron chi connectivity index (χ2n) is 7.23. The molecular weight excluding hydrogens is 362 g/mol. The predicted octanol–water partition coefficient (Wildman–Crippen LogP) is 4.37. The highest BCUT2D eigenvalue weighted by Gasteiger charge is 2.53. The summed E-state index contributed by atoms with van der Waals surface area (Å²) < 4.78 is 10.8. The van der Waals surface area contributed by atoms with Crippen molar-refractivity contribution in [2.24, 2.45) is 10.5 Å². The minimum absolute atomic E-state index is 0.0175. The molecule has 1 aromatic carbocycles. The molecule has 1 aliphatic heterocycles. The number of rotatable bonds is 4. The number of anilines is 1. The van der Waals surface area contributed by atoms with Crippen molar-refractivity contribution in [3.05, 3.63) is 69.7 Å². The molecule has 0 amide bonds. The molecule has 0 radical (unpaired) electrons. The first-order valence-corrected chi connectivity index (χ1v) is 8.92. The first kappa shape index (κ1) is 18.0. The number of hydrogen-bond donors (Lipinski definition) is 1. The number of esters is 1. The fraction of sp³-hybridized carbons (Fsp3) is 0.300. The van der Waals surface area contributed by atoms with Crippen molar-refractivity contribution in [3.8, 4) is 0 Å². The number of nitro groups is 1. The molecule has 1 N–H and O–H groups in total. The maximum atomic E-state index is 12.6. The molecule has 1 fully saturated rings. The molecule has 0 saturated carbocycles. The Morgan fingerprint density at radius 3 is 2.68 bits per heavy atom. The molecule has 8 heteroatoms. The van der Waals surface area contributed by atoms with Gasteiger partial charge in [-0.05, 0) is 43.5 Å². The molecule has 0 spiro atoms. The Morgan fingerprint density at radius 1 is 1.29 bits per heavy atom. The third-order valence-corrected chi connectivity index (χ3v) is 5.51. The lowest BCUT2D eigenvalue weighted by molar-refractivity contribution is -0.384. The number of nitro benzene ring substituents is 1. The van der Waals surface area contributed by atoms with Crippen LogP contribution in [0, 0.1) is 15.5 Å². The third-order valence-electron chi connectivity index (χ3n) is 5.51. The summed E-state index contributed by atoms with van der Waals surface area (Å²) >= 11 is 0. The van der Waals surface area contributed by atoms with Crippen LogP contribution >= 0.6 is 0 Å². The van der Waals surface area contributed by atoms with Crippen molar-refractivity contribution in [2.75, 3.05) is 5.43 Å². The van der Waals surface area contributed by atoms with Gasteiger partial charge in [0.15, 0.2) is 0 Å². The lowest BCUT2D eigenvalue weighted by Crippen LogP contribution is -2.30. The zero-order valence-electron chi connectivity index (χ0n) is 15.5. The Balaban J connectivity index is 1.61. The summed E-state index contributed by atoms with van der Waals surface area (Å²) in [5.74, 6) is -0.325. The number of allylic oxidation sites excluding steroid dienone is 1. The van der Waals surface area contributed by atoms with Crippen molar-refractivity contribution < 1.29 is 18.9 Å². The van der Waals surface area contributed by atoms with Crippen molar-refractivity contribution in [3.63, 3.8) is 0 Å². The van der Waals surface area contributed by atoms with Crippen LogP contribution in [0.4, 0.5) is 11.4 Å². The fourth-order valence-electron chi connectivity index (χ4n) is 4.00. The van der Waals surface area contributed by atoms with Crippen LogP contribution in [0.5, 0.6) is 0 Å². The van der Waals surface area contributed by atoms with Gasteiger partial charge in [0.2, 0.25) is 0 Å². The molecule has 2 atom stereocenters. The summed E-state index contributed by atoms with van der Waals surface area (Å²) in [7, 11) is 0. The van der Waals surface area contributed by atoms with E-state index in [4.69, 9.17) is 9.15 Å². The van der Waals surface area contributed by atoms with E-state index in [2.05, 4.69) is 10.5 Å². The lowest BCUT2D eigenvalue weighted by atomic mass is 9.68. The lowest BCUT2D eigenvalue weighted by Gasteiger charge is -2.33. The zero-order valence-corrected chi connectivity index (χ0v) is 15.5. The Bertz CT molecular complexity index is 991. The molecular formula is C20H19N3O5. The van der Waals surface area contributed by atoms with Crippen LogP contribution in [0.3, 0.4) is 0 Å². The van der Waals surface area contributed by atoms with E-state index in [9.17, 15) is 14.9 Å². The number of nitrogens with one attached hydrogen (secondary N) is 1. The number of nitrogens with zero attached hydrogens (tertiary/aromatic N) is 2. The van der Waals surface area contributed by atoms with Crippen LogP contribution in [0.2, 0.25) is 0 Å². The number of benzene rings is 1. The molecule has 4 rings (SSSR count). The highest BCUT2D eigenvalue weighted by molar-refractivity contribution is 6.09. The third kappa shape index (κ3) is 2.87. The van der Waals surface area contributed by atoms with Crippen molar-refractivity contribution >= 4 is 23.1 Å². The number of cyclic esters (lactones) is 1. The first-order chi connectivity index (χ1) is 13.4. The van der Waals surface area contributed by atoms with Crippen LogP contribution in [-0.4, -0.2) is 16.6 Å². The normalized spacial score (nSPS) is 25.6. The van der Waals surface area contributed by atoms with E-state index < -0.39 is 10.3 Å². The largest absolute Gasteiger partial charge is 0.472 e. The van der Waals surface area contributed by atoms with Crippen LogP contribution in [0.15, 0.2) is 63.5 Å². The molecule has 2 aromatic rings. The molecule has 1 aliphatic carbocycles. The fourth-order valence-corrected chi connectivity index (χ4v) is 4.00. The Labute approximate surface area is 161 Å². The number of hydrogen-bond acceptors (Lipinski definition) is 7. The molecule has 1 saturated heterocycles.